The van der Waals surface area contributed by atoms with Crippen molar-refractivity contribution in [3.05, 3.63) is 58.5 Å². The van der Waals surface area contributed by atoms with Crippen LogP contribution in [-0.4, -0.2) is 17.0 Å². The molecule has 0 amide bonds. The van der Waals surface area contributed by atoms with Gasteiger partial charge in [0.2, 0.25) is 0 Å². The normalized spacial score (nSPS) is 12.7. The zero-order chi connectivity index (χ0) is 12.4. The number of fused-ring (bicyclic) bond motifs is 1. The minimum Gasteiger partial charge on any atom is -0.308 e. The van der Waals surface area contributed by atoms with Crippen molar-refractivity contribution in [3.8, 4) is 0 Å². The highest BCUT2D eigenvalue weighted by molar-refractivity contribution is 7.08. The van der Waals surface area contributed by atoms with E-state index in [1.807, 2.05) is 37.5 Å². The molecule has 0 aliphatic rings. The molecular formula is C14H13N3S. The molecule has 0 radical (unpaired) electrons. The third kappa shape index (κ3) is 2.00. The number of rotatable bonds is 3. The Morgan fingerprint density at radius 1 is 1.17 bits per heavy atom. The van der Waals surface area contributed by atoms with E-state index < -0.39 is 0 Å². The highest BCUT2D eigenvalue weighted by Gasteiger charge is 2.14. The van der Waals surface area contributed by atoms with Crippen molar-refractivity contribution in [2.45, 2.75) is 6.04 Å². The first-order valence-corrected chi connectivity index (χ1v) is 6.74. The summed E-state index contributed by atoms with van der Waals surface area (Å²) in [6.07, 6.45) is 1.85. The van der Waals surface area contributed by atoms with E-state index in [1.54, 1.807) is 11.3 Å². The SMILES string of the molecule is CNC(c1ccsc1)c1cnc2ccccc2n1. The lowest BCUT2D eigenvalue weighted by Gasteiger charge is -2.14. The number of nitrogens with zero attached hydrogens (tertiary/aromatic N) is 2. The molecule has 3 aromatic rings. The Morgan fingerprint density at radius 2 is 2.00 bits per heavy atom. The van der Waals surface area contributed by atoms with Gasteiger partial charge in [0.15, 0.2) is 0 Å². The highest BCUT2D eigenvalue weighted by Crippen LogP contribution is 2.23. The molecule has 2 aromatic heterocycles. The van der Waals surface area contributed by atoms with Gasteiger partial charge < -0.3 is 5.32 Å². The summed E-state index contributed by atoms with van der Waals surface area (Å²) in [5.41, 5.74) is 4.05. The molecule has 90 valence electrons. The summed E-state index contributed by atoms with van der Waals surface area (Å²) in [6.45, 7) is 0. The van der Waals surface area contributed by atoms with Crippen molar-refractivity contribution in [1.29, 1.82) is 0 Å². The fourth-order valence-electron chi connectivity index (χ4n) is 2.04. The van der Waals surface area contributed by atoms with Gasteiger partial charge in [0.1, 0.15) is 0 Å². The number of nitrogens with one attached hydrogen (secondary N) is 1. The van der Waals surface area contributed by atoms with E-state index >= 15 is 0 Å². The molecule has 0 spiro atoms. The van der Waals surface area contributed by atoms with Gasteiger partial charge in [0.25, 0.3) is 0 Å². The van der Waals surface area contributed by atoms with Gasteiger partial charge in [-0.25, -0.2) is 4.98 Å². The maximum Gasteiger partial charge on any atom is 0.0890 e. The highest BCUT2D eigenvalue weighted by atomic mass is 32.1. The van der Waals surface area contributed by atoms with Crippen molar-refractivity contribution < 1.29 is 0 Å². The number of thiophene rings is 1. The predicted octanol–water partition coefficient (Wildman–Crippen LogP) is 3.00. The minimum atomic E-state index is 0.105. The van der Waals surface area contributed by atoms with Crippen LogP contribution in [0.5, 0.6) is 0 Å². The number of hydrogen-bond donors (Lipinski definition) is 1. The molecule has 1 atom stereocenters. The van der Waals surface area contributed by atoms with Crippen molar-refractivity contribution >= 4 is 22.4 Å². The van der Waals surface area contributed by atoms with E-state index in [9.17, 15) is 0 Å². The monoisotopic (exact) mass is 255 g/mol. The molecule has 1 unspecified atom stereocenters. The molecule has 2 heterocycles. The number of benzene rings is 1. The van der Waals surface area contributed by atoms with Gasteiger partial charge in [-0.1, -0.05) is 12.1 Å². The van der Waals surface area contributed by atoms with Crippen LogP contribution in [0.1, 0.15) is 17.3 Å². The molecule has 0 bridgehead atoms. The van der Waals surface area contributed by atoms with Gasteiger partial charge in [-0.3, -0.25) is 4.98 Å². The molecule has 4 heteroatoms. The van der Waals surface area contributed by atoms with E-state index in [0.717, 1.165) is 16.7 Å². The topological polar surface area (TPSA) is 37.8 Å². The van der Waals surface area contributed by atoms with Gasteiger partial charge in [0, 0.05) is 0 Å². The lowest BCUT2D eigenvalue weighted by Crippen LogP contribution is -2.18. The summed E-state index contributed by atoms with van der Waals surface area (Å²) in [6, 6.07) is 10.2. The zero-order valence-corrected chi connectivity index (χ0v) is 10.8. The molecule has 18 heavy (non-hydrogen) atoms. The Balaban J connectivity index is 2.07. The van der Waals surface area contributed by atoms with Crippen LogP contribution in [0.3, 0.4) is 0 Å². The van der Waals surface area contributed by atoms with Crippen molar-refractivity contribution in [1.82, 2.24) is 15.3 Å². The Bertz CT molecular complexity index is 649. The predicted molar refractivity (Wildman–Crippen MR) is 74.8 cm³/mol. The molecule has 0 saturated carbocycles. The second-order valence-electron chi connectivity index (χ2n) is 4.06. The summed E-state index contributed by atoms with van der Waals surface area (Å²) >= 11 is 1.69. The third-order valence-corrected chi connectivity index (χ3v) is 3.63. The summed E-state index contributed by atoms with van der Waals surface area (Å²) in [5.74, 6) is 0. The van der Waals surface area contributed by atoms with Crippen LogP contribution < -0.4 is 5.32 Å². The third-order valence-electron chi connectivity index (χ3n) is 2.93. The van der Waals surface area contributed by atoms with Gasteiger partial charge in [-0.05, 0) is 41.6 Å². The summed E-state index contributed by atoms with van der Waals surface area (Å²) < 4.78 is 0. The smallest absolute Gasteiger partial charge is 0.0890 e. The van der Waals surface area contributed by atoms with Gasteiger partial charge in [-0.2, -0.15) is 11.3 Å². The standard InChI is InChI=1S/C14H13N3S/c1-15-14(10-6-7-18-9-10)13-8-16-11-4-2-3-5-12(11)17-13/h2-9,14-15H,1H3. The van der Waals surface area contributed by atoms with Crippen molar-refractivity contribution in [2.24, 2.45) is 0 Å². The number of aromatic nitrogens is 2. The first-order chi connectivity index (χ1) is 8.88. The average Bonchev–Trinajstić information content (AvgIpc) is 2.93. The Kier molecular flexibility index (Phi) is 3.04. The molecule has 3 rings (SSSR count). The van der Waals surface area contributed by atoms with E-state index in [0.29, 0.717) is 0 Å². The molecule has 1 aromatic carbocycles. The Hall–Kier alpha value is -1.78. The van der Waals surface area contributed by atoms with Gasteiger partial charge in [0.05, 0.1) is 29.0 Å². The quantitative estimate of drug-likeness (QED) is 0.781. The number of para-hydroxylation sites is 2. The maximum absolute atomic E-state index is 4.68. The molecule has 0 saturated heterocycles. The van der Waals surface area contributed by atoms with E-state index in [1.165, 1.54) is 5.56 Å². The van der Waals surface area contributed by atoms with E-state index in [2.05, 4.69) is 32.1 Å². The Morgan fingerprint density at radius 3 is 2.72 bits per heavy atom. The van der Waals surface area contributed by atoms with Crippen LogP contribution in [0.25, 0.3) is 11.0 Å². The molecule has 0 aliphatic carbocycles. The van der Waals surface area contributed by atoms with E-state index in [4.69, 9.17) is 0 Å². The lowest BCUT2D eigenvalue weighted by molar-refractivity contribution is 0.673. The molecule has 3 nitrogen and oxygen atoms in total. The van der Waals surface area contributed by atoms with Crippen LogP contribution in [0.2, 0.25) is 0 Å². The minimum absolute atomic E-state index is 0.105. The van der Waals surface area contributed by atoms with Gasteiger partial charge >= 0.3 is 0 Å². The maximum atomic E-state index is 4.68. The largest absolute Gasteiger partial charge is 0.308 e. The van der Waals surface area contributed by atoms with Crippen LogP contribution in [0.15, 0.2) is 47.3 Å². The zero-order valence-electron chi connectivity index (χ0n) is 10.00. The van der Waals surface area contributed by atoms with Crippen LogP contribution >= 0.6 is 11.3 Å². The molecule has 1 N–H and O–H groups in total. The van der Waals surface area contributed by atoms with E-state index in [-0.39, 0.29) is 6.04 Å². The van der Waals surface area contributed by atoms with Gasteiger partial charge in [-0.15, -0.1) is 0 Å². The fourth-order valence-corrected chi connectivity index (χ4v) is 2.72. The van der Waals surface area contributed by atoms with Crippen LogP contribution in [0, 0.1) is 0 Å². The second kappa shape index (κ2) is 4.84. The molecule has 0 aliphatic heterocycles. The van der Waals surface area contributed by atoms with Crippen LogP contribution in [-0.2, 0) is 0 Å². The van der Waals surface area contributed by atoms with Crippen molar-refractivity contribution in [2.75, 3.05) is 7.05 Å². The Labute approximate surface area is 110 Å². The first-order valence-electron chi connectivity index (χ1n) is 5.79. The molecular weight excluding hydrogens is 242 g/mol. The average molecular weight is 255 g/mol. The first kappa shape index (κ1) is 11.3. The van der Waals surface area contributed by atoms with Crippen LogP contribution in [0.4, 0.5) is 0 Å². The van der Waals surface area contributed by atoms with Crippen molar-refractivity contribution in [3.63, 3.8) is 0 Å². The summed E-state index contributed by atoms with van der Waals surface area (Å²) in [4.78, 5) is 9.14. The summed E-state index contributed by atoms with van der Waals surface area (Å²) in [5, 5.41) is 7.50. The lowest BCUT2D eigenvalue weighted by atomic mass is 10.1. The molecule has 0 fully saturated rings. The summed E-state index contributed by atoms with van der Waals surface area (Å²) in [7, 11) is 1.94. The number of hydrogen-bond acceptors (Lipinski definition) is 4. The fraction of sp³-hybridized carbons (Fsp3) is 0.143. The second-order valence-corrected chi connectivity index (χ2v) is 4.84.